The number of hydrogen-bond acceptors (Lipinski definition) is 2. The van der Waals surface area contributed by atoms with Crippen LogP contribution in [-0.2, 0) is 0 Å². The summed E-state index contributed by atoms with van der Waals surface area (Å²) in [6.45, 7) is 2.95. The van der Waals surface area contributed by atoms with E-state index in [2.05, 4.69) is 5.32 Å². The second kappa shape index (κ2) is 7.84. The Labute approximate surface area is 126 Å². The molecule has 2 rings (SSSR count). The number of benzene rings is 1. The van der Waals surface area contributed by atoms with Gasteiger partial charge in [0, 0.05) is 25.4 Å². The van der Waals surface area contributed by atoms with E-state index in [9.17, 15) is 4.79 Å². The van der Waals surface area contributed by atoms with E-state index in [-0.39, 0.29) is 18.7 Å². The fourth-order valence-corrected chi connectivity index (χ4v) is 2.69. The third-order valence-corrected chi connectivity index (χ3v) is 3.91. The smallest absolute Gasteiger partial charge is 0.321 e. The number of nitrogens with zero attached hydrogens (tertiary/aromatic N) is 1. The van der Waals surface area contributed by atoms with Crippen molar-refractivity contribution < 1.29 is 9.90 Å². The molecule has 1 aromatic rings. The molecule has 0 aliphatic carbocycles. The molecule has 21 heavy (non-hydrogen) atoms. The maximum atomic E-state index is 12.2. The lowest BCUT2D eigenvalue weighted by Crippen LogP contribution is -2.47. The predicted molar refractivity (Wildman–Crippen MR) is 84.8 cm³/mol. The minimum atomic E-state index is -0.0727. The third kappa shape index (κ3) is 4.60. The fourth-order valence-electron chi connectivity index (χ4n) is 2.69. The highest BCUT2D eigenvalue weighted by atomic mass is 16.3. The molecule has 1 unspecified atom stereocenters. The molecule has 114 valence electrons. The number of aliphatic hydroxyl groups excluding tert-OH is 1. The number of amides is 2. The number of urea groups is 1. The molecule has 0 aromatic heterocycles. The molecule has 1 saturated heterocycles. The van der Waals surface area contributed by atoms with Gasteiger partial charge in [0.05, 0.1) is 0 Å². The van der Waals surface area contributed by atoms with E-state index < -0.39 is 0 Å². The standard InChI is InChI=1S/C17H24N2O2/c1-14-5-7-15(8-6-14)9-11-18-17(21)19-12-3-2-4-16(19)10-13-20/h5-9,11,16,20H,2-4,10,12-13H2,1H3,(H,18,21)/b11-9+. The van der Waals surface area contributed by atoms with Crippen molar-refractivity contribution in [3.8, 4) is 0 Å². The first-order valence-electron chi connectivity index (χ1n) is 7.62. The van der Waals surface area contributed by atoms with Crippen LogP contribution in [0.25, 0.3) is 6.08 Å². The monoisotopic (exact) mass is 288 g/mol. The Balaban J connectivity index is 1.89. The Bertz CT molecular complexity index is 480. The summed E-state index contributed by atoms with van der Waals surface area (Å²) < 4.78 is 0. The van der Waals surface area contributed by atoms with Gasteiger partial charge in [-0.25, -0.2) is 4.79 Å². The molecule has 0 radical (unpaired) electrons. The van der Waals surface area contributed by atoms with E-state index in [1.54, 1.807) is 6.20 Å². The Hall–Kier alpha value is -1.81. The van der Waals surface area contributed by atoms with Crippen LogP contribution in [0.4, 0.5) is 4.79 Å². The Morgan fingerprint density at radius 1 is 1.38 bits per heavy atom. The van der Waals surface area contributed by atoms with Crippen LogP contribution in [0.5, 0.6) is 0 Å². The normalized spacial score (nSPS) is 19.0. The molecule has 0 saturated carbocycles. The van der Waals surface area contributed by atoms with Crippen LogP contribution in [0, 0.1) is 6.92 Å². The summed E-state index contributed by atoms with van der Waals surface area (Å²) in [5, 5.41) is 11.9. The Morgan fingerprint density at radius 2 is 2.14 bits per heavy atom. The maximum absolute atomic E-state index is 12.2. The summed E-state index contributed by atoms with van der Waals surface area (Å²) in [6, 6.07) is 8.22. The van der Waals surface area contributed by atoms with Gasteiger partial charge in [0.1, 0.15) is 0 Å². The van der Waals surface area contributed by atoms with Crippen LogP contribution in [0.2, 0.25) is 0 Å². The summed E-state index contributed by atoms with van der Waals surface area (Å²) in [6.07, 6.45) is 7.40. The van der Waals surface area contributed by atoms with Crippen molar-refractivity contribution in [2.45, 2.75) is 38.6 Å². The average Bonchev–Trinajstić information content (AvgIpc) is 2.50. The zero-order valence-corrected chi connectivity index (χ0v) is 12.6. The van der Waals surface area contributed by atoms with Gasteiger partial charge in [-0.3, -0.25) is 0 Å². The number of nitrogens with one attached hydrogen (secondary N) is 1. The molecule has 1 aliphatic heterocycles. The minimum Gasteiger partial charge on any atom is -0.396 e. The SMILES string of the molecule is Cc1ccc(/C=C/NC(=O)N2CCCCC2CCO)cc1. The highest BCUT2D eigenvalue weighted by molar-refractivity contribution is 5.76. The van der Waals surface area contributed by atoms with Gasteiger partial charge in [-0.1, -0.05) is 29.8 Å². The summed E-state index contributed by atoms with van der Waals surface area (Å²) in [4.78, 5) is 14.1. The van der Waals surface area contributed by atoms with Crippen molar-refractivity contribution in [3.63, 3.8) is 0 Å². The van der Waals surface area contributed by atoms with Crippen LogP contribution >= 0.6 is 0 Å². The molecule has 0 bridgehead atoms. The molecule has 1 atom stereocenters. The van der Waals surface area contributed by atoms with Gasteiger partial charge >= 0.3 is 6.03 Å². The van der Waals surface area contributed by atoms with Gasteiger partial charge in [0.2, 0.25) is 0 Å². The van der Waals surface area contributed by atoms with Gasteiger partial charge < -0.3 is 15.3 Å². The topological polar surface area (TPSA) is 52.6 Å². The number of carbonyl (C=O) groups excluding carboxylic acids is 1. The number of rotatable bonds is 4. The average molecular weight is 288 g/mol. The number of piperidine rings is 1. The summed E-state index contributed by atoms with van der Waals surface area (Å²) in [7, 11) is 0. The Kier molecular flexibility index (Phi) is 5.81. The minimum absolute atomic E-state index is 0.0727. The summed E-state index contributed by atoms with van der Waals surface area (Å²) >= 11 is 0. The molecule has 1 fully saturated rings. The molecule has 1 aliphatic rings. The second-order valence-electron chi connectivity index (χ2n) is 5.55. The van der Waals surface area contributed by atoms with E-state index in [1.165, 1.54) is 5.56 Å². The molecule has 4 nitrogen and oxygen atoms in total. The molecule has 2 N–H and O–H groups in total. The van der Waals surface area contributed by atoms with Crippen LogP contribution in [0.15, 0.2) is 30.5 Å². The van der Waals surface area contributed by atoms with Gasteiger partial charge in [-0.05, 0) is 44.2 Å². The fraction of sp³-hybridized carbons (Fsp3) is 0.471. The molecule has 1 heterocycles. The third-order valence-electron chi connectivity index (χ3n) is 3.91. The van der Waals surface area contributed by atoms with E-state index in [0.29, 0.717) is 6.42 Å². The first-order valence-corrected chi connectivity index (χ1v) is 7.62. The van der Waals surface area contributed by atoms with E-state index in [4.69, 9.17) is 5.11 Å². The zero-order valence-electron chi connectivity index (χ0n) is 12.6. The number of aliphatic hydroxyl groups is 1. The van der Waals surface area contributed by atoms with Crippen molar-refractivity contribution >= 4 is 12.1 Å². The number of carbonyl (C=O) groups is 1. The van der Waals surface area contributed by atoms with Crippen LogP contribution in [0.3, 0.4) is 0 Å². The van der Waals surface area contributed by atoms with Gasteiger partial charge in [-0.15, -0.1) is 0 Å². The molecular formula is C17H24N2O2. The van der Waals surface area contributed by atoms with E-state index in [0.717, 1.165) is 31.4 Å². The molecule has 4 heteroatoms. The molecule has 2 amide bonds. The zero-order chi connectivity index (χ0) is 15.1. The molecule has 0 spiro atoms. The maximum Gasteiger partial charge on any atom is 0.321 e. The lowest BCUT2D eigenvalue weighted by atomic mass is 10.0. The van der Waals surface area contributed by atoms with Gasteiger partial charge in [0.25, 0.3) is 0 Å². The van der Waals surface area contributed by atoms with Crippen molar-refractivity contribution in [3.05, 3.63) is 41.6 Å². The van der Waals surface area contributed by atoms with Crippen molar-refractivity contribution in [2.24, 2.45) is 0 Å². The lowest BCUT2D eigenvalue weighted by molar-refractivity contribution is 0.134. The van der Waals surface area contributed by atoms with Crippen molar-refractivity contribution in [2.75, 3.05) is 13.2 Å². The number of hydrogen-bond donors (Lipinski definition) is 2. The summed E-state index contributed by atoms with van der Waals surface area (Å²) in [5.74, 6) is 0. The van der Waals surface area contributed by atoms with Crippen LogP contribution < -0.4 is 5.32 Å². The number of likely N-dealkylation sites (tertiary alicyclic amines) is 1. The second-order valence-corrected chi connectivity index (χ2v) is 5.55. The highest BCUT2D eigenvalue weighted by Crippen LogP contribution is 2.19. The van der Waals surface area contributed by atoms with E-state index >= 15 is 0 Å². The van der Waals surface area contributed by atoms with Crippen LogP contribution in [-0.4, -0.2) is 35.2 Å². The molecule has 1 aromatic carbocycles. The number of aryl methyl sites for hydroxylation is 1. The van der Waals surface area contributed by atoms with Gasteiger partial charge in [0.15, 0.2) is 0 Å². The quantitative estimate of drug-likeness (QED) is 0.895. The van der Waals surface area contributed by atoms with Gasteiger partial charge in [-0.2, -0.15) is 0 Å². The Morgan fingerprint density at radius 3 is 2.86 bits per heavy atom. The first-order chi connectivity index (χ1) is 10.2. The predicted octanol–water partition coefficient (Wildman–Crippen LogP) is 2.91. The lowest BCUT2D eigenvalue weighted by Gasteiger charge is -2.35. The van der Waals surface area contributed by atoms with E-state index in [1.807, 2.05) is 42.2 Å². The largest absolute Gasteiger partial charge is 0.396 e. The molecular weight excluding hydrogens is 264 g/mol. The van der Waals surface area contributed by atoms with Crippen molar-refractivity contribution in [1.82, 2.24) is 10.2 Å². The highest BCUT2D eigenvalue weighted by Gasteiger charge is 2.25. The summed E-state index contributed by atoms with van der Waals surface area (Å²) in [5.41, 5.74) is 2.28. The van der Waals surface area contributed by atoms with Crippen molar-refractivity contribution in [1.29, 1.82) is 0 Å². The van der Waals surface area contributed by atoms with Crippen LogP contribution in [0.1, 0.15) is 36.8 Å². The first kappa shape index (κ1) is 15.6.